The smallest absolute Gasteiger partial charge is 0.270 e. The van der Waals surface area contributed by atoms with Gasteiger partial charge in [-0.05, 0) is 29.3 Å². The van der Waals surface area contributed by atoms with Crippen LogP contribution in [-0.2, 0) is 13.1 Å². The maximum atomic E-state index is 12.5. The maximum absolute atomic E-state index is 12.5. The number of hydrogen-bond donors (Lipinski definition) is 1. The van der Waals surface area contributed by atoms with E-state index in [0.29, 0.717) is 18.2 Å². The molecule has 1 amide bonds. The number of hydrogen-bond acceptors (Lipinski definition) is 6. The number of benzene rings is 1. The van der Waals surface area contributed by atoms with Gasteiger partial charge < -0.3 is 10.2 Å². The highest BCUT2D eigenvalue weighted by atomic mass is 16.1. The number of nitrogens with zero attached hydrogens (tertiary/aromatic N) is 5. The molecule has 1 aliphatic heterocycles. The van der Waals surface area contributed by atoms with Crippen LogP contribution in [0.1, 0.15) is 21.6 Å². The van der Waals surface area contributed by atoms with Gasteiger partial charge in [-0.25, -0.2) is 9.97 Å². The van der Waals surface area contributed by atoms with Crippen molar-refractivity contribution in [3.63, 3.8) is 0 Å². The van der Waals surface area contributed by atoms with Crippen LogP contribution in [0.2, 0.25) is 0 Å². The van der Waals surface area contributed by atoms with Gasteiger partial charge in [0.25, 0.3) is 5.91 Å². The largest absolute Gasteiger partial charge is 0.347 e. The van der Waals surface area contributed by atoms with Crippen molar-refractivity contribution in [3.05, 3.63) is 83.9 Å². The normalized spacial score (nSPS) is 14.6. The Morgan fingerprint density at radius 1 is 0.897 bits per heavy atom. The number of carbonyl (C=O) groups excluding carboxylic acids is 1. The molecule has 1 saturated heterocycles. The zero-order valence-electron chi connectivity index (χ0n) is 16.2. The Morgan fingerprint density at radius 3 is 2.41 bits per heavy atom. The Bertz CT molecular complexity index is 926. The Hall–Kier alpha value is -3.32. The van der Waals surface area contributed by atoms with Crippen LogP contribution in [0, 0.1) is 0 Å². The molecule has 148 valence electrons. The Balaban J connectivity index is 1.32. The van der Waals surface area contributed by atoms with Crippen LogP contribution in [-0.4, -0.2) is 51.9 Å². The van der Waals surface area contributed by atoms with Gasteiger partial charge >= 0.3 is 0 Å². The molecule has 1 N–H and O–H groups in total. The third-order valence-electron chi connectivity index (χ3n) is 4.98. The number of anilines is 1. The van der Waals surface area contributed by atoms with Crippen LogP contribution in [0.3, 0.4) is 0 Å². The molecule has 0 saturated carbocycles. The second-order valence-electron chi connectivity index (χ2n) is 7.03. The maximum Gasteiger partial charge on any atom is 0.270 e. The van der Waals surface area contributed by atoms with Crippen molar-refractivity contribution < 1.29 is 4.79 Å². The number of amides is 1. The quantitative estimate of drug-likeness (QED) is 0.697. The van der Waals surface area contributed by atoms with Crippen molar-refractivity contribution in [3.8, 4) is 0 Å². The van der Waals surface area contributed by atoms with Crippen molar-refractivity contribution >= 4 is 11.9 Å². The standard InChI is InChI=1S/C22H24N6O/c29-21(25-16-18-6-9-23-10-7-18)20-8-11-24-22(26-20)28-14-12-27(13-15-28)17-19-4-2-1-3-5-19/h1-11H,12-17H2,(H,25,29). The molecule has 0 radical (unpaired) electrons. The SMILES string of the molecule is O=C(NCc1ccncc1)c1ccnc(N2CCN(Cc3ccccc3)CC2)n1. The molecular weight excluding hydrogens is 364 g/mol. The molecule has 0 atom stereocenters. The Labute approximate surface area is 170 Å². The van der Waals surface area contributed by atoms with Crippen molar-refractivity contribution in [1.82, 2.24) is 25.2 Å². The molecule has 7 heteroatoms. The van der Waals surface area contributed by atoms with Crippen molar-refractivity contribution in [1.29, 1.82) is 0 Å². The zero-order chi connectivity index (χ0) is 19.9. The molecule has 3 aromatic rings. The first kappa shape index (κ1) is 19.0. The molecule has 1 aliphatic rings. The average Bonchev–Trinajstić information content (AvgIpc) is 2.79. The van der Waals surface area contributed by atoms with E-state index in [-0.39, 0.29) is 5.91 Å². The number of piperazine rings is 1. The van der Waals surface area contributed by atoms with Crippen LogP contribution >= 0.6 is 0 Å². The van der Waals surface area contributed by atoms with E-state index in [1.807, 2.05) is 18.2 Å². The van der Waals surface area contributed by atoms with Crippen LogP contribution in [0.4, 0.5) is 5.95 Å². The van der Waals surface area contributed by atoms with Gasteiger partial charge in [-0.3, -0.25) is 14.7 Å². The highest BCUT2D eigenvalue weighted by Crippen LogP contribution is 2.13. The molecule has 29 heavy (non-hydrogen) atoms. The molecule has 0 unspecified atom stereocenters. The van der Waals surface area contributed by atoms with E-state index in [0.717, 1.165) is 38.3 Å². The van der Waals surface area contributed by atoms with E-state index < -0.39 is 0 Å². The predicted molar refractivity (Wildman–Crippen MR) is 111 cm³/mol. The van der Waals surface area contributed by atoms with E-state index in [4.69, 9.17) is 0 Å². The molecule has 3 heterocycles. The summed E-state index contributed by atoms with van der Waals surface area (Å²) in [6.07, 6.45) is 5.07. The molecule has 2 aromatic heterocycles. The lowest BCUT2D eigenvalue weighted by Crippen LogP contribution is -2.46. The van der Waals surface area contributed by atoms with Gasteiger partial charge in [0.15, 0.2) is 0 Å². The van der Waals surface area contributed by atoms with Crippen molar-refractivity contribution in [2.24, 2.45) is 0 Å². The minimum Gasteiger partial charge on any atom is -0.347 e. The summed E-state index contributed by atoms with van der Waals surface area (Å²) >= 11 is 0. The molecule has 1 fully saturated rings. The monoisotopic (exact) mass is 388 g/mol. The lowest BCUT2D eigenvalue weighted by atomic mass is 10.2. The second-order valence-corrected chi connectivity index (χ2v) is 7.03. The summed E-state index contributed by atoms with van der Waals surface area (Å²) in [4.78, 5) is 29.9. The molecular formula is C22H24N6O. The summed E-state index contributed by atoms with van der Waals surface area (Å²) in [6, 6.07) is 15.9. The third kappa shape index (κ3) is 5.14. The average molecular weight is 388 g/mol. The number of pyridine rings is 1. The fourth-order valence-corrected chi connectivity index (χ4v) is 3.35. The summed E-state index contributed by atoms with van der Waals surface area (Å²) in [5, 5.41) is 2.90. The Kier molecular flexibility index (Phi) is 6.07. The van der Waals surface area contributed by atoms with Crippen LogP contribution in [0.5, 0.6) is 0 Å². The summed E-state index contributed by atoms with van der Waals surface area (Å²) in [7, 11) is 0. The van der Waals surface area contributed by atoms with E-state index in [1.165, 1.54) is 5.56 Å². The van der Waals surface area contributed by atoms with Crippen LogP contribution in [0.15, 0.2) is 67.1 Å². The molecule has 0 bridgehead atoms. The van der Waals surface area contributed by atoms with Crippen LogP contribution < -0.4 is 10.2 Å². The van der Waals surface area contributed by atoms with Gasteiger partial charge in [0.1, 0.15) is 5.69 Å². The Morgan fingerprint density at radius 2 is 1.66 bits per heavy atom. The van der Waals surface area contributed by atoms with Gasteiger partial charge in [-0.2, -0.15) is 0 Å². The second kappa shape index (κ2) is 9.25. The molecule has 7 nitrogen and oxygen atoms in total. The first-order valence-corrected chi connectivity index (χ1v) is 9.79. The molecule has 1 aromatic carbocycles. The predicted octanol–water partition coefficient (Wildman–Crippen LogP) is 2.12. The van der Waals surface area contributed by atoms with Crippen molar-refractivity contribution in [2.75, 3.05) is 31.1 Å². The van der Waals surface area contributed by atoms with Gasteiger partial charge in [0.05, 0.1) is 0 Å². The van der Waals surface area contributed by atoms with Crippen molar-refractivity contribution in [2.45, 2.75) is 13.1 Å². The third-order valence-corrected chi connectivity index (χ3v) is 4.98. The lowest BCUT2D eigenvalue weighted by Gasteiger charge is -2.34. The van der Waals surface area contributed by atoms with E-state index in [9.17, 15) is 4.79 Å². The number of carbonyl (C=O) groups is 1. The summed E-state index contributed by atoms with van der Waals surface area (Å²) in [5.74, 6) is 0.411. The van der Waals surface area contributed by atoms with E-state index in [1.54, 1.807) is 24.7 Å². The minimum absolute atomic E-state index is 0.201. The molecule has 4 rings (SSSR count). The van der Waals surface area contributed by atoms with Gasteiger partial charge in [0.2, 0.25) is 5.95 Å². The number of aromatic nitrogens is 3. The van der Waals surface area contributed by atoms with Gasteiger partial charge in [-0.15, -0.1) is 0 Å². The van der Waals surface area contributed by atoms with Gasteiger partial charge in [0, 0.05) is 57.9 Å². The first-order valence-electron chi connectivity index (χ1n) is 9.79. The van der Waals surface area contributed by atoms with E-state index >= 15 is 0 Å². The fraction of sp³-hybridized carbons (Fsp3) is 0.273. The number of nitrogens with one attached hydrogen (secondary N) is 1. The van der Waals surface area contributed by atoms with Crippen LogP contribution in [0.25, 0.3) is 0 Å². The minimum atomic E-state index is -0.201. The number of rotatable bonds is 6. The molecule has 0 aliphatic carbocycles. The summed E-state index contributed by atoms with van der Waals surface area (Å²) in [6.45, 7) is 4.96. The lowest BCUT2D eigenvalue weighted by molar-refractivity contribution is 0.0945. The molecule has 0 spiro atoms. The fourth-order valence-electron chi connectivity index (χ4n) is 3.35. The van der Waals surface area contributed by atoms with E-state index in [2.05, 4.69) is 54.3 Å². The summed E-state index contributed by atoms with van der Waals surface area (Å²) in [5.41, 5.74) is 2.71. The van der Waals surface area contributed by atoms with Gasteiger partial charge in [-0.1, -0.05) is 30.3 Å². The zero-order valence-corrected chi connectivity index (χ0v) is 16.2. The topological polar surface area (TPSA) is 74.2 Å². The summed E-state index contributed by atoms with van der Waals surface area (Å²) < 4.78 is 0. The highest BCUT2D eigenvalue weighted by Gasteiger charge is 2.20. The highest BCUT2D eigenvalue weighted by molar-refractivity contribution is 5.92. The first-order chi connectivity index (χ1) is 14.3.